The summed E-state index contributed by atoms with van der Waals surface area (Å²) in [5.41, 5.74) is 3.84. The molecule has 35 heavy (non-hydrogen) atoms. The number of nitrogens with zero attached hydrogens (tertiary/aromatic N) is 1. The second-order valence-corrected chi connectivity index (χ2v) is 11.5. The predicted molar refractivity (Wildman–Crippen MR) is 133 cm³/mol. The average Bonchev–Trinajstić information content (AvgIpc) is 3.33. The highest BCUT2D eigenvalue weighted by Crippen LogP contribution is 2.59. The number of nitrogens with one attached hydrogen (secondary N) is 1. The van der Waals surface area contributed by atoms with Crippen molar-refractivity contribution in [3.8, 4) is 0 Å². The van der Waals surface area contributed by atoms with Crippen LogP contribution in [-0.2, 0) is 9.59 Å². The minimum absolute atomic E-state index is 0.101. The number of imide groups is 1. The van der Waals surface area contributed by atoms with Crippen molar-refractivity contribution in [1.29, 1.82) is 0 Å². The molecule has 2 N–H and O–H groups in total. The van der Waals surface area contributed by atoms with Crippen molar-refractivity contribution in [2.45, 2.75) is 51.9 Å². The van der Waals surface area contributed by atoms with E-state index in [1.54, 1.807) is 12.1 Å². The van der Waals surface area contributed by atoms with E-state index in [9.17, 15) is 19.5 Å². The third-order valence-electron chi connectivity index (χ3n) is 8.77. The number of amides is 2. The molecule has 3 aromatic rings. The van der Waals surface area contributed by atoms with E-state index in [-0.39, 0.29) is 34.6 Å². The third kappa shape index (κ3) is 3.19. The van der Waals surface area contributed by atoms with Gasteiger partial charge >= 0.3 is 5.97 Å². The van der Waals surface area contributed by atoms with Crippen LogP contribution in [0.1, 0.15) is 73.5 Å². The van der Waals surface area contributed by atoms with Crippen molar-refractivity contribution in [2.24, 2.45) is 23.2 Å². The molecule has 0 radical (unpaired) electrons. The van der Waals surface area contributed by atoms with Gasteiger partial charge in [0.05, 0.1) is 23.1 Å². The number of anilines is 1. The quantitative estimate of drug-likeness (QED) is 0.470. The number of para-hydroxylation sites is 1. The fourth-order valence-corrected chi connectivity index (χ4v) is 7.01. The van der Waals surface area contributed by atoms with Gasteiger partial charge in [0.1, 0.15) is 0 Å². The Labute approximate surface area is 204 Å². The summed E-state index contributed by atoms with van der Waals surface area (Å²) >= 11 is 0. The average molecular weight is 471 g/mol. The highest BCUT2D eigenvalue weighted by atomic mass is 16.4. The number of carbonyl (C=O) groups excluding carboxylic acids is 2. The van der Waals surface area contributed by atoms with Crippen LogP contribution >= 0.6 is 0 Å². The van der Waals surface area contributed by atoms with Gasteiger partial charge in [-0.05, 0) is 78.3 Å². The molecule has 2 aliphatic carbocycles. The summed E-state index contributed by atoms with van der Waals surface area (Å²) in [7, 11) is 0. The molecule has 3 aliphatic rings. The second kappa shape index (κ2) is 7.54. The number of aromatic amines is 1. The summed E-state index contributed by atoms with van der Waals surface area (Å²) in [6.07, 6.45) is 3.06. The van der Waals surface area contributed by atoms with Crippen molar-refractivity contribution < 1.29 is 19.5 Å². The molecule has 1 aromatic heterocycles. The van der Waals surface area contributed by atoms with Gasteiger partial charge in [-0.3, -0.25) is 9.59 Å². The molecule has 0 spiro atoms. The summed E-state index contributed by atoms with van der Waals surface area (Å²) in [5, 5.41) is 10.4. The molecule has 2 heterocycles. The molecule has 2 fully saturated rings. The number of aromatic carboxylic acids is 1. The van der Waals surface area contributed by atoms with Crippen LogP contribution in [0.5, 0.6) is 0 Å². The zero-order valence-corrected chi connectivity index (χ0v) is 20.2. The lowest BCUT2D eigenvalue weighted by molar-refractivity contribution is -0.123. The monoisotopic (exact) mass is 470 g/mol. The molecule has 1 saturated carbocycles. The van der Waals surface area contributed by atoms with Crippen LogP contribution < -0.4 is 4.90 Å². The highest BCUT2D eigenvalue weighted by molar-refractivity contribution is 6.24. The molecule has 180 valence electrons. The van der Waals surface area contributed by atoms with E-state index in [4.69, 9.17) is 0 Å². The van der Waals surface area contributed by atoms with Gasteiger partial charge in [0.2, 0.25) is 11.8 Å². The summed E-state index contributed by atoms with van der Waals surface area (Å²) < 4.78 is 0. The SMILES string of the molecule is CC(C)(C)[C@@H]1CC[C@@H]2c3c([nH]c4ccccc34)[C@H]3C(=O)N(c4ccc(C(=O)O)cc4)C(=O)[C@@H]3[C@@H]2C1. The molecule has 1 aliphatic heterocycles. The van der Waals surface area contributed by atoms with Crippen molar-refractivity contribution in [1.82, 2.24) is 4.98 Å². The van der Waals surface area contributed by atoms with Crippen LogP contribution in [-0.4, -0.2) is 27.9 Å². The molecule has 5 atom stereocenters. The topological polar surface area (TPSA) is 90.5 Å². The Morgan fingerprint density at radius 2 is 1.71 bits per heavy atom. The Balaban J connectivity index is 1.49. The van der Waals surface area contributed by atoms with Gasteiger partial charge in [0, 0.05) is 16.6 Å². The van der Waals surface area contributed by atoms with E-state index in [1.807, 2.05) is 18.2 Å². The number of hydrogen-bond acceptors (Lipinski definition) is 3. The van der Waals surface area contributed by atoms with Gasteiger partial charge < -0.3 is 10.1 Å². The minimum atomic E-state index is -1.04. The Morgan fingerprint density at radius 1 is 1.00 bits per heavy atom. The van der Waals surface area contributed by atoms with Crippen LogP contribution in [0.15, 0.2) is 48.5 Å². The normalized spacial score (nSPS) is 28.1. The van der Waals surface area contributed by atoms with Gasteiger partial charge in [-0.1, -0.05) is 39.0 Å². The molecule has 0 bridgehead atoms. The number of carbonyl (C=O) groups is 3. The van der Waals surface area contributed by atoms with Gasteiger partial charge in [-0.25, -0.2) is 9.69 Å². The first-order chi connectivity index (χ1) is 16.7. The van der Waals surface area contributed by atoms with Gasteiger partial charge in [-0.2, -0.15) is 0 Å². The van der Waals surface area contributed by atoms with E-state index in [0.717, 1.165) is 35.9 Å². The number of rotatable bonds is 2. The predicted octanol–water partition coefficient (Wildman–Crippen LogP) is 5.70. The zero-order chi connectivity index (χ0) is 24.6. The number of carboxylic acids is 1. The summed E-state index contributed by atoms with van der Waals surface area (Å²) in [4.78, 5) is 44.1. The molecular formula is C29H30N2O4. The summed E-state index contributed by atoms with van der Waals surface area (Å²) in [6, 6.07) is 14.2. The van der Waals surface area contributed by atoms with E-state index in [1.165, 1.54) is 22.6 Å². The van der Waals surface area contributed by atoms with Crippen LogP contribution in [0, 0.1) is 23.2 Å². The van der Waals surface area contributed by atoms with Crippen LogP contribution in [0.3, 0.4) is 0 Å². The smallest absolute Gasteiger partial charge is 0.335 e. The lowest BCUT2D eigenvalue weighted by Crippen LogP contribution is -2.41. The number of fused-ring (bicyclic) bond motifs is 8. The summed E-state index contributed by atoms with van der Waals surface area (Å²) in [6.45, 7) is 6.81. The largest absolute Gasteiger partial charge is 0.478 e. The highest BCUT2D eigenvalue weighted by Gasteiger charge is 2.59. The Hall–Kier alpha value is -3.41. The first-order valence-corrected chi connectivity index (χ1v) is 12.5. The maximum atomic E-state index is 14.0. The number of aromatic nitrogens is 1. The fraction of sp³-hybridized carbons (Fsp3) is 0.414. The van der Waals surface area contributed by atoms with Gasteiger partial charge in [0.25, 0.3) is 0 Å². The lowest BCUT2D eigenvalue weighted by atomic mass is 9.56. The van der Waals surface area contributed by atoms with Crippen molar-refractivity contribution in [2.75, 3.05) is 4.90 Å². The third-order valence-corrected chi connectivity index (χ3v) is 8.77. The standard InChI is InChI=1S/C29H30N2O4/c1-29(2,3)16-10-13-18-20(14-16)23-24(25-22(18)19-6-4-5-7-21(19)30-25)27(33)31(26(23)32)17-11-8-15(9-12-17)28(34)35/h4-9,11-12,16,18,20,23-24,30H,10,13-14H2,1-3H3,(H,34,35)/t16-,18+,20-,23-,24+/m1/s1. The maximum Gasteiger partial charge on any atom is 0.335 e. The first-order valence-electron chi connectivity index (χ1n) is 12.5. The second-order valence-electron chi connectivity index (χ2n) is 11.5. The van der Waals surface area contributed by atoms with Crippen molar-refractivity contribution in [3.05, 3.63) is 65.4 Å². The molecule has 2 aromatic carbocycles. The number of carboxylic acid groups (broad SMARTS) is 1. The van der Waals surface area contributed by atoms with E-state index in [0.29, 0.717) is 11.6 Å². The number of hydrogen-bond donors (Lipinski definition) is 2. The van der Waals surface area contributed by atoms with Gasteiger partial charge in [0.15, 0.2) is 0 Å². The molecule has 0 unspecified atom stereocenters. The van der Waals surface area contributed by atoms with E-state index < -0.39 is 17.8 Å². The van der Waals surface area contributed by atoms with E-state index in [2.05, 4.69) is 31.8 Å². The first kappa shape index (κ1) is 22.1. The number of H-pyrrole nitrogens is 1. The van der Waals surface area contributed by atoms with E-state index >= 15 is 0 Å². The fourth-order valence-electron chi connectivity index (χ4n) is 7.01. The Morgan fingerprint density at radius 3 is 2.40 bits per heavy atom. The lowest BCUT2D eigenvalue weighted by Gasteiger charge is -2.47. The Kier molecular flexibility index (Phi) is 4.76. The minimum Gasteiger partial charge on any atom is -0.478 e. The molecule has 6 nitrogen and oxygen atoms in total. The maximum absolute atomic E-state index is 14.0. The molecular weight excluding hydrogens is 440 g/mol. The Bertz CT molecular complexity index is 1360. The van der Waals surface area contributed by atoms with Crippen LogP contribution in [0.4, 0.5) is 5.69 Å². The van der Waals surface area contributed by atoms with Crippen LogP contribution in [0.25, 0.3) is 10.9 Å². The molecule has 6 rings (SSSR count). The molecule has 1 saturated heterocycles. The van der Waals surface area contributed by atoms with Crippen LogP contribution in [0.2, 0.25) is 0 Å². The zero-order valence-electron chi connectivity index (χ0n) is 20.2. The van der Waals surface area contributed by atoms with Crippen molar-refractivity contribution >= 4 is 34.4 Å². The van der Waals surface area contributed by atoms with Crippen molar-refractivity contribution in [3.63, 3.8) is 0 Å². The number of benzene rings is 2. The van der Waals surface area contributed by atoms with Gasteiger partial charge in [-0.15, -0.1) is 0 Å². The molecule has 2 amide bonds. The summed E-state index contributed by atoms with van der Waals surface area (Å²) in [5.74, 6) is -1.52. The molecule has 6 heteroatoms.